The first-order chi connectivity index (χ1) is 12.0. The molecule has 2 aliphatic rings. The second-order valence-corrected chi connectivity index (χ2v) is 8.88. The highest BCUT2D eigenvalue weighted by Gasteiger charge is 2.61. The molecule has 3 heterocycles. The molecular weight excluding hydrogens is 362 g/mol. The fourth-order valence-corrected chi connectivity index (χ4v) is 4.07. The highest BCUT2D eigenvalue weighted by molar-refractivity contribution is 7.90. The molecule has 1 fully saturated rings. The van der Waals surface area contributed by atoms with Gasteiger partial charge >= 0.3 is 0 Å². The summed E-state index contributed by atoms with van der Waals surface area (Å²) in [5.74, 6) is -0.736. The molecule has 1 saturated heterocycles. The molecule has 3 atom stereocenters. The number of rotatable bonds is 4. The van der Waals surface area contributed by atoms with Gasteiger partial charge in [0, 0.05) is 12.7 Å². The summed E-state index contributed by atoms with van der Waals surface area (Å²) in [6.45, 7) is 7.20. The van der Waals surface area contributed by atoms with Crippen LogP contribution < -0.4 is 4.74 Å². The van der Waals surface area contributed by atoms with Crippen LogP contribution in [0.4, 0.5) is 0 Å². The van der Waals surface area contributed by atoms with Crippen LogP contribution in [0.1, 0.15) is 38.4 Å². The standard InChI is InChI=1S/C16H24N3O6S/c1-7-9-12-13(25-16(3,4)24-12)11(19(9)20)10-8(2)17-15(26(6,21)22)18-14(10)23-5/h9,12-13,20H,7H2,1-6H3/q+1/t9-,12-,13+/m1/s1. The minimum atomic E-state index is -3.61. The average Bonchev–Trinajstić information content (AvgIpc) is 2.95. The molecule has 0 amide bonds. The van der Waals surface area contributed by atoms with E-state index in [4.69, 9.17) is 14.2 Å². The Balaban J connectivity index is 2.20. The summed E-state index contributed by atoms with van der Waals surface area (Å²) in [5, 5.41) is 10.4. The van der Waals surface area contributed by atoms with E-state index in [0.29, 0.717) is 23.4 Å². The quantitative estimate of drug-likeness (QED) is 0.457. The van der Waals surface area contributed by atoms with Crippen LogP contribution in [0.15, 0.2) is 5.16 Å². The molecule has 0 aliphatic carbocycles. The van der Waals surface area contributed by atoms with Gasteiger partial charge in [-0.15, -0.1) is 0 Å². The first kappa shape index (κ1) is 19.0. The molecule has 2 aliphatic heterocycles. The van der Waals surface area contributed by atoms with Gasteiger partial charge in [0.15, 0.2) is 18.0 Å². The van der Waals surface area contributed by atoms with Crippen molar-refractivity contribution in [3.63, 3.8) is 0 Å². The molecule has 0 unspecified atom stereocenters. The van der Waals surface area contributed by atoms with Crippen LogP contribution in [0.5, 0.6) is 5.88 Å². The van der Waals surface area contributed by atoms with Crippen molar-refractivity contribution in [1.82, 2.24) is 9.97 Å². The summed E-state index contributed by atoms with van der Waals surface area (Å²) in [4.78, 5) is 8.13. The van der Waals surface area contributed by atoms with Crippen molar-refractivity contribution < 1.29 is 32.6 Å². The maximum absolute atomic E-state index is 11.8. The van der Waals surface area contributed by atoms with E-state index in [1.165, 1.54) is 7.11 Å². The molecule has 0 radical (unpaired) electrons. The first-order valence-corrected chi connectivity index (χ1v) is 10.2. The molecule has 0 bridgehead atoms. The number of aryl methyl sites for hydroxylation is 1. The third kappa shape index (κ3) is 2.95. The third-order valence-corrected chi connectivity index (χ3v) is 5.42. The van der Waals surface area contributed by atoms with Crippen LogP contribution >= 0.6 is 0 Å². The van der Waals surface area contributed by atoms with E-state index in [-0.39, 0.29) is 23.2 Å². The lowest BCUT2D eigenvalue weighted by Crippen LogP contribution is -2.34. The number of fused-ring (bicyclic) bond motifs is 1. The highest BCUT2D eigenvalue weighted by Crippen LogP contribution is 2.39. The van der Waals surface area contributed by atoms with Crippen LogP contribution in [-0.2, 0) is 19.3 Å². The number of methoxy groups -OCH3 is 1. The number of hydrogen-bond acceptors (Lipinski definition) is 8. The molecule has 0 saturated carbocycles. The molecule has 1 N–H and O–H groups in total. The third-order valence-electron chi connectivity index (χ3n) is 4.57. The monoisotopic (exact) mass is 386 g/mol. The van der Waals surface area contributed by atoms with E-state index >= 15 is 0 Å². The fraction of sp³-hybridized carbons (Fsp3) is 0.688. The van der Waals surface area contributed by atoms with Gasteiger partial charge in [-0.2, -0.15) is 4.98 Å². The van der Waals surface area contributed by atoms with Gasteiger partial charge in [-0.05, 0) is 25.5 Å². The Bertz CT molecular complexity index is 880. The molecule has 9 nitrogen and oxygen atoms in total. The van der Waals surface area contributed by atoms with E-state index in [1.807, 2.05) is 20.8 Å². The molecule has 0 aromatic carbocycles. The number of ether oxygens (including phenoxy) is 3. The van der Waals surface area contributed by atoms with Gasteiger partial charge in [-0.1, -0.05) is 6.92 Å². The summed E-state index contributed by atoms with van der Waals surface area (Å²) in [7, 11) is -2.22. The fourth-order valence-electron chi connectivity index (χ4n) is 3.52. The maximum atomic E-state index is 11.8. The number of sulfone groups is 1. The van der Waals surface area contributed by atoms with E-state index in [1.54, 1.807) is 6.92 Å². The van der Waals surface area contributed by atoms with Crippen molar-refractivity contribution in [2.45, 2.75) is 63.3 Å². The van der Waals surface area contributed by atoms with Crippen LogP contribution in [0, 0.1) is 6.92 Å². The first-order valence-electron chi connectivity index (χ1n) is 8.33. The van der Waals surface area contributed by atoms with Crippen molar-refractivity contribution >= 4 is 15.5 Å². The van der Waals surface area contributed by atoms with Crippen molar-refractivity contribution in [2.75, 3.05) is 13.4 Å². The highest BCUT2D eigenvalue weighted by atomic mass is 32.2. The van der Waals surface area contributed by atoms with Gasteiger partial charge in [0.2, 0.25) is 26.9 Å². The number of nitrogens with zero attached hydrogens (tertiary/aromatic N) is 3. The number of aromatic nitrogens is 2. The molecule has 0 spiro atoms. The zero-order chi connectivity index (χ0) is 19.4. The van der Waals surface area contributed by atoms with E-state index in [0.717, 1.165) is 11.0 Å². The minimum Gasteiger partial charge on any atom is -0.480 e. The van der Waals surface area contributed by atoms with Gasteiger partial charge in [0.05, 0.1) is 12.8 Å². The van der Waals surface area contributed by atoms with Gasteiger partial charge in [-0.3, -0.25) is 5.21 Å². The summed E-state index contributed by atoms with van der Waals surface area (Å²) < 4.78 is 42.1. The van der Waals surface area contributed by atoms with Crippen molar-refractivity contribution in [3.05, 3.63) is 11.3 Å². The van der Waals surface area contributed by atoms with Crippen LogP contribution in [-0.4, -0.2) is 71.4 Å². The zero-order valence-electron chi connectivity index (χ0n) is 15.7. The Hall–Kier alpha value is -1.78. The van der Waals surface area contributed by atoms with Crippen molar-refractivity contribution in [3.8, 4) is 5.88 Å². The van der Waals surface area contributed by atoms with E-state index in [9.17, 15) is 13.6 Å². The SMILES string of the molecule is CC[C@@H]1[C@H]2OC(C)(C)O[C@H]2C(c2c(C)nc(S(C)(=O)=O)nc2OC)=[N+]1O. The Morgan fingerprint density at radius 2 is 1.96 bits per heavy atom. The average molecular weight is 386 g/mol. The Labute approximate surface area is 152 Å². The van der Waals surface area contributed by atoms with Gasteiger partial charge in [0.1, 0.15) is 5.56 Å². The summed E-state index contributed by atoms with van der Waals surface area (Å²) in [5.41, 5.74) is 1.20. The van der Waals surface area contributed by atoms with Gasteiger partial charge in [-0.25, -0.2) is 13.4 Å². The topological polar surface area (TPSA) is 111 Å². The lowest BCUT2D eigenvalue weighted by molar-refractivity contribution is -0.798. The summed E-state index contributed by atoms with van der Waals surface area (Å²) in [6.07, 6.45) is 0.750. The smallest absolute Gasteiger partial charge is 0.273 e. The molecule has 144 valence electrons. The zero-order valence-corrected chi connectivity index (χ0v) is 16.5. The lowest BCUT2D eigenvalue weighted by Gasteiger charge is -2.19. The molecular formula is C16H24N3O6S+. The molecule has 26 heavy (non-hydrogen) atoms. The molecule has 1 aromatic heterocycles. The molecule has 1 aromatic rings. The normalized spacial score (nSPS) is 27.7. The van der Waals surface area contributed by atoms with Crippen molar-refractivity contribution in [2.24, 2.45) is 0 Å². The van der Waals surface area contributed by atoms with Crippen LogP contribution in [0.25, 0.3) is 0 Å². The Morgan fingerprint density at radius 1 is 1.31 bits per heavy atom. The van der Waals surface area contributed by atoms with E-state index < -0.39 is 21.7 Å². The number of hydrogen-bond donors (Lipinski definition) is 1. The lowest BCUT2D eigenvalue weighted by atomic mass is 10.0. The Morgan fingerprint density at radius 3 is 2.50 bits per heavy atom. The molecule has 3 rings (SSSR count). The minimum absolute atomic E-state index is 0.0655. The summed E-state index contributed by atoms with van der Waals surface area (Å²) >= 11 is 0. The maximum Gasteiger partial charge on any atom is 0.273 e. The largest absolute Gasteiger partial charge is 0.480 e. The summed E-state index contributed by atoms with van der Waals surface area (Å²) in [6, 6.07) is -0.310. The second-order valence-electron chi connectivity index (χ2n) is 6.97. The van der Waals surface area contributed by atoms with Crippen molar-refractivity contribution in [1.29, 1.82) is 0 Å². The Kier molecular flexibility index (Phi) is 4.48. The van der Waals surface area contributed by atoms with E-state index in [2.05, 4.69) is 9.97 Å². The second kappa shape index (κ2) is 6.14. The van der Waals surface area contributed by atoms with Gasteiger partial charge in [0.25, 0.3) is 5.71 Å². The van der Waals surface area contributed by atoms with Gasteiger partial charge < -0.3 is 14.2 Å². The predicted molar refractivity (Wildman–Crippen MR) is 90.5 cm³/mol. The molecule has 10 heteroatoms. The predicted octanol–water partition coefficient (Wildman–Crippen LogP) is 0.700. The van der Waals surface area contributed by atoms with Crippen LogP contribution in [0.2, 0.25) is 0 Å². The number of hydroxylamine groups is 1. The van der Waals surface area contributed by atoms with Crippen LogP contribution in [0.3, 0.4) is 0 Å².